The summed E-state index contributed by atoms with van der Waals surface area (Å²) in [4.78, 5) is 2.77. The zero-order valence-corrected chi connectivity index (χ0v) is 15.6. The first-order chi connectivity index (χ1) is 12.8. The molecule has 2 unspecified atom stereocenters. The molecule has 132 valence electrons. The SMILES string of the molecule is CC1CCCN1C1CCc2cc(-c3cccc4ccccc34)ccc2C1. The first kappa shape index (κ1) is 16.1. The van der Waals surface area contributed by atoms with E-state index in [-0.39, 0.29) is 0 Å². The highest BCUT2D eigenvalue weighted by atomic mass is 15.2. The maximum absolute atomic E-state index is 2.77. The minimum Gasteiger partial charge on any atom is -0.297 e. The quantitative estimate of drug-likeness (QED) is 0.565. The molecule has 1 saturated heterocycles. The molecule has 1 fully saturated rings. The van der Waals surface area contributed by atoms with E-state index in [1.807, 2.05) is 0 Å². The molecule has 1 heteroatoms. The summed E-state index contributed by atoms with van der Waals surface area (Å²) in [6.45, 7) is 3.71. The number of benzene rings is 3. The second kappa shape index (κ2) is 6.55. The van der Waals surface area contributed by atoms with Crippen molar-refractivity contribution in [3.63, 3.8) is 0 Å². The van der Waals surface area contributed by atoms with Crippen LogP contribution in [0.15, 0.2) is 60.7 Å². The standard InChI is InChI=1S/C25H27N/c1-18-6-5-15-26(18)23-14-13-20-16-22(12-11-21(20)17-23)25-10-4-8-19-7-2-3-9-24(19)25/h2-4,7-12,16,18,23H,5-6,13-15,17H2,1H3. The van der Waals surface area contributed by atoms with Gasteiger partial charge in [-0.25, -0.2) is 0 Å². The van der Waals surface area contributed by atoms with Gasteiger partial charge >= 0.3 is 0 Å². The van der Waals surface area contributed by atoms with Gasteiger partial charge in [0.25, 0.3) is 0 Å². The van der Waals surface area contributed by atoms with Crippen LogP contribution in [0.3, 0.4) is 0 Å². The van der Waals surface area contributed by atoms with Crippen LogP contribution in [0.1, 0.15) is 37.3 Å². The van der Waals surface area contributed by atoms with Crippen LogP contribution in [0.2, 0.25) is 0 Å². The number of rotatable bonds is 2. The summed E-state index contributed by atoms with van der Waals surface area (Å²) in [5, 5.41) is 2.68. The molecule has 5 rings (SSSR count). The van der Waals surface area contributed by atoms with E-state index in [1.54, 1.807) is 11.1 Å². The van der Waals surface area contributed by atoms with Gasteiger partial charge in [-0.2, -0.15) is 0 Å². The minimum atomic E-state index is 0.753. The first-order valence-electron chi connectivity index (χ1n) is 10.2. The molecule has 3 aromatic carbocycles. The van der Waals surface area contributed by atoms with Crippen molar-refractivity contribution in [2.24, 2.45) is 0 Å². The number of hydrogen-bond acceptors (Lipinski definition) is 1. The summed E-state index contributed by atoms with van der Waals surface area (Å²) < 4.78 is 0. The van der Waals surface area contributed by atoms with Crippen LogP contribution >= 0.6 is 0 Å². The predicted molar refractivity (Wildman–Crippen MR) is 111 cm³/mol. The van der Waals surface area contributed by atoms with Crippen molar-refractivity contribution in [3.8, 4) is 11.1 Å². The molecule has 0 saturated carbocycles. The number of fused-ring (bicyclic) bond motifs is 2. The van der Waals surface area contributed by atoms with Crippen molar-refractivity contribution < 1.29 is 0 Å². The largest absolute Gasteiger partial charge is 0.297 e. The number of likely N-dealkylation sites (tertiary alicyclic amines) is 1. The molecule has 2 atom stereocenters. The number of aryl methyl sites for hydroxylation is 1. The van der Waals surface area contributed by atoms with Gasteiger partial charge in [0.05, 0.1) is 0 Å². The van der Waals surface area contributed by atoms with Crippen molar-refractivity contribution in [2.75, 3.05) is 6.54 Å². The van der Waals surface area contributed by atoms with Crippen LogP contribution in [0, 0.1) is 0 Å². The van der Waals surface area contributed by atoms with Gasteiger partial charge in [-0.15, -0.1) is 0 Å². The Hall–Kier alpha value is -2.12. The lowest BCUT2D eigenvalue weighted by molar-refractivity contribution is 0.174. The van der Waals surface area contributed by atoms with Crippen LogP contribution in [-0.2, 0) is 12.8 Å². The molecule has 1 nitrogen and oxygen atoms in total. The third-order valence-corrected chi connectivity index (χ3v) is 6.58. The van der Waals surface area contributed by atoms with E-state index >= 15 is 0 Å². The third-order valence-electron chi connectivity index (χ3n) is 6.58. The van der Waals surface area contributed by atoms with Gasteiger partial charge in [-0.05, 0) is 78.6 Å². The summed E-state index contributed by atoms with van der Waals surface area (Å²) in [6, 6.07) is 24.1. The number of hydrogen-bond donors (Lipinski definition) is 0. The van der Waals surface area contributed by atoms with Gasteiger partial charge in [0.2, 0.25) is 0 Å². The summed E-state index contributed by atoms with van der Waals surface area (Å²) >= 11 is 0. The second-order valence-corrected chi connectivity index (χ2v) is 8.14. The van der Waals surface area contributed by atoms with E-state index < -0.39 is 0 Å². The first-order valence-corrected chi connectivity index (χ1v) is 10.2. The highest BCUT2D eigenvalue weighted by Crippen LogP contribution is 2.34. The fraction of sp³-hybridized carbons (Fsp3) is 0.360. The zero-order chi connectivity index (χ0) is 17.5. The molecule has 2 aliphatic rings. The van der Waals surface area contributed by atoms with Gasteiger partial charge < -0.3 is 0 Å². The molecule has 1 aliphatic carbocycles. The average Bonchev–Trinajstić information content (AvgIpc) is 3.12. The maximum Gasteiger partial charge on any atom is 0.0142 e. The van der Waals surface area contributed by atoms with Crippen LogP contribution in [0.25, 0.3) is 21.9 Å². The minimum absolute atomic E-state index is 0.753. The van der Waals surface area contributed by atoms with E-state index in [0.717, 1.165) is 12.1 Å². The summed E-state index contributed by atoms with van der Waals surface area (Å²) in [7, 11) is 0. The molecule has 1 aliphatic heterocycles. The highest BCUT2D eigenvalue weighted by Gasteiger charge is 2.30. The lowest BCUT2D eigenvalue weighted by Crippen LogP contribution is -2.41. The molecule has 0 N–H and O–H groups in total. The van der Waals surface area contributed by atoms with E-state index in [9.17, 15) is 0 Å². The van der Waals surface area contributed by atoms with Gasteiger partial charge in [0.1, 0.15) is 0 Å². The van der Waals surface area contributed by atoms with Crippen molar-refractivity contribution in [2.45, 2.75) is 51.1 Å². The fourth-order valence-corrected chi connectivity index (χ4v) is 5.16. The molecular formula is C25H27N. The van der Waals surface area contributed by atoms with Crippen molar-refractivity contribution in [1.82, 2.24) is 4.90 Å². The summed E-state index contributed by atoms with van der Waals surface area (Å²) in [6.07, 6.45) is 6.53. The zero-order valence-electron chi connectivity index (χ0n) is 15.6. The fourth-order valence-electron chi connectivity index (χ4n) is 5.16. The molecule has 3 aromatic rings. The van der Waals surface area contributed by atoms with E-state index in [1.165, 1.54) is 60.5 Å². The van der Waals surface area contributed by atoms with Gasteiger partial charge in [0.15, 0.2) is 0 Å². The van der Waals surface area contributed by atoms with Crippen molar-refractivity contribution >= 4 is 10.8 Å². The lowest BCUT2D eigenvalue weighted by atomic mass is 9.85. The average molecular weight is 341 g/mol. The monoisotopic (exact) mass is 341 g/mol. The molecule has 0 bridgehead atoms. The predicted octanol–water partition coefficient (Wildman–Crippen LogP) is 5.85. The van der Waals surface area contributed by atoms with Gasteiger partial charge in [0, 0.05) is 12.1 Å². The van der Waals surface area contributed by atoms with Crippen LogP contribution < -0.4 is 0 Å². The lowest BCUT2D eigenvalue weighted by Gasteiger charge is -2.35. The molecule has 26 heavy (non-hydrogen) atoms. The summed E-state index contributed by atoms with van der Waals surface area (Å²) in [5.41, 5.74) is 5.87. The van der Waals surface area contributed by atoms with Crippen molar-refractivity contribution in [3.05, 3.63) is 71.8 Å². The Balaban J connectivity index is 1.47. The Morgan fingerprint density at radius 1 is 0.885 bits per heavy atom. The Bertz CT molecular complexity index is 937. The Morgan fingerprint density at radius 2 is 1.77 bits per heavy atom. The van der Waals surface area contributed by atoms with E-state index in [4.69, 9.17) is 0 Å². The van der Waals surface area contributed by atoms with Gasteiger partial charge in [-0.3, -0.25) is 4.90 Å². The topological polar surface area (TPSA) is 3.24 Å². The third kappa shape index (κ3) is 2.75. The number of nitrogens with zero attached hydrogens (tertiary/aromatic N) is 1. The van der Waals surface area contributed by atoms with E-state index in [2.05, 4.69) is 72.5 Å². The van der Waals surface area contributed by atoms with E-state index in [0.29, 0.717) is 0 Å². The Kier molecular flexibility index (Phi) is 4.05. The normalized spacial score (nSPS) is 23.3. The van der Waals surface area contributed by atoms with Crippen LogP contribution in [0.4, 0.5) is 0 Å². The summed E-state index contributed by atoms with van der Waals surface area (Å²) in [5.74, 6) is 0. The molecule has 0 aromatic heterocycles. The molecule has 0 amide bonds. The molecular weight excluding hydrogens is 314 g/mol. The van der Waals surface area contributed by atoms with Gasteiger partial charge in [-0.1, -0.05) is 60.7 Å². The van der Waals surface area contributed by atoms with Crippen LogP contribution in [-0.4, -0.2) is 23.5 Å². The maximum atomic E-state index is 2.77. The molecule has 0 radical (unpaired) electrons. The Labute approximate surface area is 156 Å². The molecule has 0 spiro atoms. The second-order valence-electron chi connectivity index (χ2n) is 8.14. The van der Waals surface area contributed by atoms with Crippen LogP contribution in [0.5, 0.6) is 0 Å². The molecule has 1 heterocycles. The van der Waals surface area contributed by atoms with Crippen molar-refractivity contribution in [1.29, 1.82) is 0 Å². The Morgan fingerprint density at radius 3 is 2.65 bits per heavy atom. The highest BCUT2D eigenvalue weighted by molar-refractivity contribution is 5.96. The smallest absolute Gasteiger partial charge is 0.0142 e.